The Labute approximate surface area is 140 Å². The lowest BCUT2D eigenvalue weighted by molar-refractivity contribution is -0.122. The summed E-state index contributed by atoms with van der Waals surface area (Å²) >= 11 is 1.59. The number of hydrogen-bond donors (Lipinski definition) is 1. The van der Waals surface area contributed by atoms with E-state index >= 15 is 0 Å². The number of nitrogens with zero attached hydrogens (tertiary/aromatic N) is 2. The van der Waals surface area contributed by atoms with Crippen LogP contribution in [0.4, 0.5) is 0 Å². The smallest absolute Gasteiger partial charge is 0.226 e. The van der Waals surface area contributed by atoms with Gasteiger partial charge in [-0.2, -0.15) is 4.98 Å². The molecule has 3 rings (SSSR count). The second-order valence-corrected chi connectivity index (χ2v) is 7.31. The minimum absolute atomic E-state index is 0.141. The van der Waals surface area contributed by atoms with Crippen LogP contribution in [0.1, 0.15) is 51.3 Å². The number of nitrogens with one attached hydrogen (secondary N) is 1. The molecule has 2 heterocycles. The van der Waals surface area contributed by atoms with Gasteiger partial charge in [-0.05, 0) is 49.5 Å². The van der Waals surface area contributed by atoms with Crippen LogP contribution in [0.15, 0.2) is 22.0 Å². The zero-order chi connectivity index (χ0) is 16.1. The van der Waals surface area contributed by atoms with E-state index in [1.165, 1.54) is 12.8 Å². The Hall–Kier alpha value is -1.69. The van der Waals surface area contributed by atoms with Gasteiger partial charge in [-0.15, -0.1) is 11.3 Å². The number of hydrogen-bond acceptors (Lipinski definition) is 5. The maximum absolute atomic E-state index is 12.0. The maximum atomic E-state index is 12.0. The van der Waals surface area contributed by atoms with E-state index in [0.717, 1.165) is 30.1 Å². The van der Waals surface area contributed by atoms with Crippen LogP contribution in [-0.4, -0.2) is 22.1 Å². The fourth-order valence-electron chi connectivity index (χ4n) is 2.97. The Morgan fingerprint density at radius 1 is 1.39 bits per heavy atom. The van der Waals surface area contributed by atoms with Gasteiger partial charge in [0.15, 0.2) is 0 Å². The predicted octanol–water partition coefficient (Wildman–Crippen LogP) is 3.82. The fourth-order valence-corrected chi connectivity index (χ4v) is 3.62. The van der Waals surface area contributed by atoms with E-state index in [9.17, 15) is 4.79 Å². The number of amides is 1. The summed E-state index contributed by atoms with van der Waals surface area (Å²) in [4.78, 5) is 17.4. The van der Waals surface area contributed by atoms with Crippen molar-refractivity contribution >= 4 is 17.2 Å². The van der Waals surface area contributed by atoms with Crippen molar-refractivity contribution in [2.24, 2.45) is 5.92 Å². The van der Waals surface area contributed by atoms with Gasteiger partial charge < -0.3 is 9.84 Å². The summed E-state index contributed by atoms with van der Waals surface area (Å²) < 4.78 is 5.25. The topological polar surface area (TPSA) is 68.0 Å². The Balaban J connectivity index is 1.38. The molecular weight excluding hydrogens is 310 g/mol. The molecule has 23 heavy (non-hydrogen) atoms. The Kier molecular flexibility index (Phi) is 5.43. The molecular formula is C17H23N3O2S. The highest BCUT2D eigenvalue weighted by Crippen LogP contribution is 2.24. The molecule has 1 aliphatic rings. The number of thiophene rings is 1. The molecule has 1 amide bonds. The van der Waals surface area contributed by atoms with Gasteiger partial charge in [0.2, 0.25) is 17.6 Å². The Bertz CT molecular complexity index is 616. The third kappa shape index (κ3) is 4.64. The summed E-state index contributed by atoms with van der Waals surface area (Å²) in [5.41, 5.74) is 0. The van der Waals surface area contributed by atoms with E-state index < -0.39 is 0 Å². The minimum Gasteiger partial charge on any atom is -0.353 e. The molecule has 0 bridgehead atoms. The molecule has 1 fully saturated rings. The summed E-state index contributed by atoms with van der Waals surface area (Å²) in [6.45, 7) is 2.28. The van der Waals surface area contributed by atoms with Crippen LogP contribution < -0.4 is 5.32 Å². The molecule has 0 unspecified atom stereocenters. The number of aromatic nitrogens is 2. The number of aryl methyl sites for hydroxylation is 1. The van der Waals surface area contributed by atoms with Crippen molar-refractivity contribution in [2.75, 3.05) is 0 Å². The SMILES string of the molecule is CC1CCC(NC(=O)CCCc2nc(-c3cccs3)no2)CC1. The summed E-state index contributed by atoms with van der Waals surface area (Å²) in [5.74, 6) is 2.18. The van der Waals surface area contributed by atoms with Crippen molar-refractivity contribution in [3.63, 3.8) is 0 Å². The predicted molar refractivity (Wildman–Crippen MR) is 90.1 cm³/mol. The fraction of sp³-hybridized carbons (Fsp3) is 0.588. The zero-order valence-corrected chi connectivity index (χ0v) is 14.3. The number of rotatable bonds is 6. The van der Waals surface area contributed by atoms with Crippen LogP contribution in [0.25, 0.3) is 10.7 Å². The first-order chi connectivity index (χ1) is 11.2. The van der Waals surface area contributed by atoms with Crippen molar-refractivity contribution in [1.82, 2.24) is 15.5 Å². The van der Waals surface area contributed by atoms with Crippen LogP contribution in [0, 0.1) is 5.92 Å². The molecule has 0 radical (unpaired) electrons. The first kappa shape index (κ1) is 16.2. The summed E-state index contributed by atoms with van der Waals surface area (Å²) in [5, 5.41) is 9.12. The average Bonchev–Trinajstić information content (AvgIpc) is 3.20. The Morgan fingerprint density at radius 2 is 2.22 bits per heavy atom. The quantitative estimate of drug-likeness (QED) is 0.872. The second kappa shape index (κ2) is 7.73. The van der Waals surface area contributed by atoms with E-state index in [1.54, 1.807) is 11.3 Å². The van der Waals surface area contributed by atoms with Gasteiger partial charge in [-0.25, -0.2) is 0 Å². The van der Waals surface area contributed by atoms with Gasteiger partial charge in [0, 0.05) is 18.9 Å². The van der Waals surface area contributed by atoms with Crippen molar-refractivity contribution in [1.29, 1.82) is 0 Å². The molecule has 1 aliphatic carbocycles. The number of carbonyl (C=O) groups excluding carboxylic acids is 1. The lowest BCUT2D eigenvalue weighted by Crippen LogP contribution is -2.37. The zero-order valence-electron chi connectivity index (χ0n) is 13.5. The van der Waals surface area contributed by atoms with Crippen molar-refractivity contribution in [2.45, 2.75) is 57.9 Å². The molecule has 1 N–H and O–H groups in total. The highest BCUT2D eigenvalue weighted by Gasteiger charge is 2.19. The van der Waals surface area contributed by atoms with Gasteiger partial charge in [-0.3, -0.25) is 4.79 Å². The monoisotopic (exact) mass is 333 g/mol. The van der Waals surface area contributed by atoms with Crippen molar-refractivity contribution in [3.8, 4) is 10.7 Å². The first-order valence-electron chi connectivity index (χ1n) is 8.36. The van der Waals surface area contributed by atoms with E-state index in [4.69, 9.17) is 4.52 Å². The van der Waals surface area contributed by atoms with Gasteiger partial charge in [0.25, 0.3) is 0 Å². The molecule has 124 valence electrons. The number of carbonyl (C=O) groups is 1. The third-order valence-electron chi connectivity index (χ3n) is 4.39. The van der Waals surface area contributed by atoms with Crippen molar-refractivity contribution < 1.29 is 9.32 Å². The van der Waals surface area contributed by atoms with Gasteiger partial charge in [0.05, 0.1) is 4.88 Å². The second-order valence-electron chi connectivity index (χ2n) is 6.37. The lowest BCUT2D eigenvalue weighted by atomic mass is 9.87. The third-order valence-corrected chi connectivity index (χ3v) is 5.25. The molecule has 0 saturated heterocycles. The maximum Gasteiger partial charge on any atom is 0.226 e. The Morgan fingerprint density at radius 3 is 2.96 bits per heavy atom. The summed E-state index contributed by atoms with van der Waals surface area (Å²) in [7, 11) is 0. The standard InChI is InChI=1S/C17H23N3O2S/c1-12-7-9-13(10-8-12)18-15(21)5-2-6-16-19-17(20-22-16)14-4-3-11-23-14/h3-4,11-13H,2,5-10H2,1H3,(H,18,21). The molecule has 6 heteroatoms. The molecule has 0 aromatic carbocycles. The van der Waals surface area contributed by atoms with E-state index in [2.05, 4.69) is 22.4 Å². The highest BCUT2D eigenvalue weighted by molar-refractivity contribution is 7.13. The van der Waals surface area contributed by atoms with Crippen LogP contribution in [0.2, 0.25) is 0 Å². The lowest BCUT2D eigenvalue weighted by Gasteiger charge is -2.26. The van der Waals surface area contributed by atoms with Crippen molar-refractivity contribution in [3.05, 3.63) is 23.4 Å². The molecule has 0 spiro atoms. The van der Waals surface area contributed by atoms with Crippen LogP contribution in [0.3, 0.4) is 0 Å². The van der Waals surface area contributed by atoms with E-state index in [0.29, 0.717) is 30.6 Å². The van der Waals surface area contributed by atoms with Gasteiger partial charge in [0.1, 0.15) is 0 Å². The van der Waals surface area contributed by atoms with Gasteiger partial charge >= 0.3 is 0 Å². The van der Waals surface area contributed by atoms with E-state index in [1.807, 2.05) is 17.5 Å². The molecule has 2 aromatic heterocycles. The average molecular weight is 333 g/mol. The van der Waals surface area contributed by atoms with Crippen LogP contribution >= 0.6 is 11.3 Å². The molecule has 1 saturated carbocycles. The first-order valence-corrected chi connectivity index (χ1v) is 9.24. The van der Waals surface area contributed by atoms with Crippen LogP contribution in [-0.2, 0) is 11.2 Å². The van der Waals surface area contributed by atoms with Gasteiger partial charge in [-0.1, -0.05) is 18.1 Å². The highest BCUT2D eigenvalue weighted by atomic mass is 32.1. The molecule has 2 aromatic rings. The molecule has 0 aliphatic heterocycles. The van der Waals surface area contributed by atoms with Crippen LogP contribution in [0.5, 0.6) is 0 Å². The summed E-state index contributed by atoms with van der Waals surface area (Å²) in [6.07, 6.45) is 6.57. The largest absolute Gasteiger partial charge is 0.353 e. The normalized spacial score (nSPS) is 21.3. The molecule has 5 nitrogen and oxygen atoms in total. The minimum atomic E-state index is 0.141. The summed E-state index contributed by atoms with van der Waals surface area (Å²) in [6, 6.07) is 4.30. The molecule has 0 atom stereocenters. The van der Waals surface area contributed by atoms with E-state index in [-0.39, 0.29) is 5.91 Å².